The number of furan rings is 1. The van der Waals surface area contributed by atoms with Gasteiger partial charge >= 0.3 is 0 Å². The average Bonchev–Trinajstić information content (AvgIpc) is 2.81. The number of hydrogen-bond donors (Lipinski definition) is 1. The zero-order valence-corrected chi connectivity index (χ0v) is 11.0. The van der Waals surface area contributed by atoms with Crippen LogP contribution in [0.5, 0.6) is 0 Å². The molecule has 0 saturated heterocycles. The Hall–Kier alpha value is -1.13. The summed E-state index contributed by atoms with van der Waals surface area (Å²) in [6, 6.07) is 8.87. The summed E-state index contributed by atoms with van der Waals surface area (Å²) >= 11 is 3.23. The summed E-state index contributed by atoms with van der Waals surface area (Å²) in [6.07, 6.45) is 1.63. The van der Waals surface area contributed by atoms with Crippen LogP contribution in [0.4, 0.5) is 4.39 Å². The standard InChI is InChI=1S/C13H13BrFNO/c1-9(13-3-2-6-17-13)16-8-10-4-5-11(14)7-12(10)15/h2-7,9,16H,8H2,1H3/t9-/m1/s1. The molecule has 0 radical (unpaired) electrons. The van der Waals surface area contributed by atoms with Crippen LogP contribution in [0.25, 0.3) is 0 Å². The van der Waals surface area contributed by atoms with Crippen LogP contribution in [0.3, 0.4) is 0 Å². The van der Waals surface area contributed by atoms with Crippen molar-refractivity contribution < 1.29 is 8.81 Å². The molecule has 0 aliphatic carbocycles. The van der Waals surface area contributed by atoms with Crippen molar-refractivity contribution >= 4 is 15.9 Å². The first kappa shape index (κ1) is 12.3. The first-order valence-electron chi connectivity index (χ1n) is 5.37. The molecule has 0 aliphatic rings. The highest BCUT2D eigenvalue weighted by Gasteiger charge is 2.09. The van der Waals surface area contributed by atoms with Gasteiger partial charge in [-0.2, -0.15) is 0 Å². The summed E-state index contributed by atoms with van der Waals surface area (Å²) in [5.41, 5.74) is 0.645. The first-order valence-corrected chi connectivity index (χ1v) is 6.17. The van der Waals surface area contributed by atoms with Gasteiger partial charge in [0.1, 0.15) is 11.6 Å². The lowest BCUT2D eigenvalue weighted by molar-refractivity contribution is 0.427. The lowest BCUT2D eigenvalue weighted by Gasteiger charge is -2.11. The Morgan fingerprint density at radius 1 is 1.41 bits per heavy atom. The lowest BCUT2D eigenvalue weighted by atomic mass is 10.2. The van der Waals surface area contributed by atoms with Gasteiger partial charge in [-0.05, 0) is 31.2 Å². The van der Waals surface area contributed by atoms with Gasteiger partial charge in [0.05, 0.1) is 12.3 Å². The van der Waals surface area contributed by atoms with Gasteiger partial charge in [-0.15, -0.1) is 0 Å². The van der Waals surface area contributed by atoms with Crippen molar-refractivity contribution in [3.05, 3.63) is 58.2 Å². The summed E-state index contributed by atoms with van der Waals surface area (Å²) in [5, 5.41) is 3.21. The van der Waals surface area contributed by atoms with Gasteiger partial charge < -0.3 is 9.73 Å². The quantitative estimate of drug-likeness (QED) is 0.922. The van der Waals surface area contributed by atoms with E-state index in [0.717, 1.165) is 10.2 Å². The molecule has 1 heterocycles. The third-order valence-corrected chi connectivity index (χ3v) is 3.08. The average molecular weight is 298 g/mol. The molecule has 0 spiro atoms. The van der Waals surface area contributed by atoms with E-state index in [-0.39, 0.29) is 11.9 Å². The molecule has 0 saturated carbocycles. The van der Waals surface area contributed by atoms with Gasteiger partial charge in [0, 0.05) is 16.6 Å². The van der Waals surface area contributed by atoms with Gasteiger partial charge in [0.15, 0.2) is 0 Å². The Kier molecular flexibility index (Phi) is 3.97. The van der Waals surface area contributed by atoms with E-state index >= 15 is 0 Å². The van der Waals surface area contributed by atoms with Crippen molar-refractivity contribution in [1.82, 2.24) is 5.32 Å². The van der Waals surface area contributed by atoms with Crippen molar-refractivity contribution in [2.45, 2.75) is 19.5 Å². The smallest absolute Gasteiger partial charge is 0.128 e. The molecule has 1 aromatic heterocycles. The van der Waals surface area contributed by atoms with E-state index in [1.807, 2.05) is 25.1 Å². The van der Waals surface area contributed by atoms with Crippen LogP contribution in [0.2, 0.25) is 0 Å². The van der Waals surface area contributed by atoms with E-state index in [0.29, 0.717) is 12.1 Å². The molecule has 90 valence electrons. The molecule has 1 aromatic carbocycles. The predicted molar refractivity (Wildman–Crippen MR) is 68.1 cm³/mol. The topological polar surface area (TPSA) is 25.2 Å². The maximum atomic E-state index is 13.5. The number of hydrogen-bond acceptors (Lipinski definition) is 2. The van der Waals surface area contributed by atoms with Crippen LogP contribution in [0.1, 0.15) is 24.3 Å². The summed E-state index contributed by atoms with van der Waals surface area (Å²) < 4.78 is 19.6. The van der Waals surface area contributed by atoms with Gasteiger partial charge in [-0.1, -0.05) is 22.0 Å². The molecule has 2 aromatic rings. The fourth-order valence-corrected chi connectivity index (χ4v) is 1.90. The Bertz CT molecular complexity index is 484. The van der Waals surface area contributed by atoms with E-state index in [1.54, 1.807) is 12.3 Å². The highest BCUT2D eigenvalue weighted by molar-refractivity contribution is 9.10. The van der Waals surface area contributed by atoms with Crippen molar-refractivity contribution in [3.63, 3.8) is 0 Å². The zero-order valence-electron chi connectivity index (χ0n) is 9.41. The molecule has 2 nitrogen and oxygen atoms in total. The lowest BCUT2D eigenvalue weighted by Crippen LogP contribution is -2.18. The van der Waals surface area contributed by atoms with E-state index < -0.39 is 0 Å². The third kappa shape index (κ3) is 3.17. The Balaban J connectivity index is 1.98. The minimum Gasteiger partial charge on any atom is -0.468 e. The minimum absolute atomic E-state index is 0.0630. The van der Waals surface area contributed by atoms with E-state index in [4.69, 9.17) is 4.42 Å². The van der Waals surface area contributed by atoms with Gasteiger partial charge in [0.25, 0.3) is 0 Å². The molecule has 1 atom stereocenters. The number of halogens is 2. The van der Waals surface area contributed by atoms with Gasteiger partial charge in [0.2, 0.25) is 0 Å². The molecule has 0 unspecified atom stereocenters. The van der Waals surface area contributed by atoms with Gasteiger partial charge in [-0.25, -0.2) is 4.39 Å². The van der Waals surface area contributed by atoms with Gasteiger partial charge in [-0.3, -0.25) is 0 Å². The minimum atomic E-state index is -0.210. The van der Waals surface area contributed by atoms with Crippen LogP contribution >= 0.6 is 15.9 Å². The molecule has 4 heteroatoms. The number of benzene rings is 1. The summed E-state index contributed by atoms with van der Waals surface area (Å²) in [7, 11) is 0. The van der Waals surface area contributed by atoms with Crippen LogP contribution < -0.4 is 5.32 Å². The molecule has 2 rings (SSSR count). The van der Waals surface area contributed by atoms with Crippen molar-refractivity contribution in [3.8, 4) is 0 Å². The molecular weight excluding hydrogens is 285 g/mol. The maximum absolute atomic E-state index is 13.5. The SMILES string of the molecule is C[C@@H](NCc1ccc(Br)cc1F)c1ccco1. The fraction of sp³-hybridized carbons (Fsp3) is 0.231. The molecule has 17 heavy (non-hydrogen) atoms. The van der Waals surface area contributed by atoms with Crippen molar-refractivity contribution in [2.75, 3.05) is 0 Å². The highest BCUT2D eigenvalue weighted by atomic mass is 79.9. The molecule has 0 aliphatic heterocycles. The normalized spacial score (nSPS) is 12.6. The highest BCUT2D eigenvalue weighted by Crippen LogP contribution is 2.17. The molecular formula is C13H13BrFNO. The maximum Gasteiger partial charge on any atom is 0.128 e. The molecule has 0 amide bonds. The van der Waals surface area contributed by atoms with E-state index in [9.17, 15) is 4.39 Å². The second-order valence-corrected chi connectivity index (χ2v) is 4.77. The van der Waals surface area contributed by atoms with Crippen molar-refractivity contribution in [2.24, 2.45) is 0 Å². The predicted octanol–water partition coefficient (Wildman–Crippen LogP) is 4.03. The Labute approximate surface area is 108 Å². The molecule has 0 fully saturated rings. The second-order valence-electron chi connectivity index (χ2n) is 3.85. The summed E-state index contributed by atoms with van der Waals surface area (Å²) in [4.78, 5) is 0. The van der Waals surface area contributed by atoms with Crippen LogP contribution in [0, 0.1) is 5.82 Å². The second kappa shape index (κ2) is 5.47. The zero-order chi connectivity index (χ0) is 12.3. The number of rotatable bonds is 4. The van der Waals surface area contributed by atoms with E-state index in [1.165, 1.54) is 6.07 Å². The largest absolute Gasteiger partial charge is 0.468 e. The Morgan fingerprint density at radius 3 is 2.88 bits per heavy atom. The molecule has 0 bridgehead atoms. The summed E-state index contributed by atoms with van der Waals surface area (Å²) in [5.74, 6) is 0.640. The number of nitrogens with one attached hydrogen (secondary N) is 1. The van der Waals surface area contributed by atoms with Crippen LogP contribution in [-0.2, 0) is 6.54 Å². The third-order valence-electron chi connectivity index (χ3n) is 2.58. The first-order chi connectivity index (χ1) is 8.16. The van der Waals surface area contributed by atoms with Crippen molar-refractivity contribution in [1.29, 1.82) is 0 Å². The Morgan fingerprint density at radius 2 is 2.24 bits per heavy atom. The summed E-state index contributed by atoms with van der Waals surface area (Å²) in [6.45, 7) is 2.45. The van der Waals surface area contributed by atoms with Crippen LogP contribution in [-0.4, -0.2) is 0 Å². The monoisotopic (exact) mass is 297 g/mol. The fourth-order valence-electron chi connectivity index (χ4n) is 1.57. The van der Waals surface area contributed by atoms with Crippen LogP contribution in [0.15, 0.2) is 45.5 Å². The molecule has 1 N–H and O–H groups in total. The van der Waals surface area contributed by atoms with E-state index in [2.05, 4.69) is 21.2 Å².